The molecule has 1 unspecified atom stereocenters. The number of rotatable bonds is 9. The summed E-state index contributed by atoms with van der Waals surface area (Å²) < 4.78 is 16.5. The van der Waals surface area contributed by atoms with Crippen LogP contribution in [-0.2, 0) is 9.47 Å². The molecular weight excluding hydrogens is 348 g/mol. The van der Waals surface area contributed by atoms with Crippen molar-refractivity contribution in [3.8, 4) is 0 Å². The van der Waals surface area contributed by atoms with Gasteiger partial charge in [-0.2, -0.15) is 0 Å². The minimum atomic E-state index is -1.04. The Balaban J connectivity index is 2.42. The molecule has 0 spiro atoms. The van der Waals surface area contributed by atoms with E-state index < -0.39 is 11.3 Å². The lowest BCUT2D eigenvalue weighted by Gasteiger charge is -2.40. The molecule has 0 bridgehead atoms. The number of nitrogens with zero attached hydrogens (tertiary/aromatic N) is 1. The Labute approximate surface area is 161 Å². The van der Waals surface area contributed by atoms with Crippen molar-refractivity contribution in [2.75, 3.05) is 20.2 Å². The molecule has 148 valence electrons. The summed E-state index contributed by atoms with van der Waals surface area (Å²) in [6.07, 6.45) is 10.8. The van der Waals surface area contributed by atoms with Crippen LogP contribution in [0.1, 0.15) is 59.8 Å². The molecule has 5 nitrogen and oxygen atoms in total. The maximum absolute atomic E-state index is 12.2. The number of ether oxygens (including phenoxy) is 2. The molecule has 0 radical (unpaired) electrons. The van der Waals surface area contributed by atoms with Crippen molar-refractivity contribution in [1.29, 1.82) is 0 Å². The van der Waals surface area contributed by atoms with Gasteiger partial charge >= 0.3 is 6.09 Å². The van der Waals surface area contributed by atoms with Crippen LogP contribution < -0.4 is 4.72 Å². The van der Waals surface area contributed by atoms with Crippen LogP contribution in [0.15, 0.2) is 34.7 Å². The fourth-order valence-electron chi connectivity index (χ4n) is 3.40. The topological polar surface area (TPSA) is 50.8 Å². The van der Waals surface area contributed by atoms with E-state index in [2.05, 4.69) is 42.8 Å². The van der Waals surface area contributed by atoms with E-state index in [1.165, 1.54) is 17.6 Å². The van der Waals surface area contributed by atoms with Gasteiger partial charge in [-0.15, -0.1) is 0 Å². The highest BCUT2D eigenvalue weighted by Crippen LogP contribution is 2.57. The second-order valence-electron chi connectivity index (χ2n) is 7.45. The predicted octanol–water partition coefficient (Wildman–Crippen LogP) is 5.19. The summed E-state index contributed by atoms with van der Waals surface area (Å²) in [4.78, 5) is 13.4. The molecule has 0 saturated carbocycles. The van der Waals surface area contributed by atoms with Gasteiger partial charge < -0.3 is 9.47 Å². The van der Waals surface area contributed by atoms with Gasteiger partial charge in [0.05, 0.1) is 13.4 Å². The molecule has 6 heteroatoms. The normalized spacial score (nSPS) is 19.8. The molecule has 0 aromatic heterocycles. The molecular formula is C20H34N2O3S. The zero-order chi connectivity index (χ0) is 19.2. The summed E-state index contributed by atoms with van der Waals surface area (Å²) in [5.74, 6) is 0.943. The van der Waals surface area contributed by atoms with Crippen molar-refractivity contribution in [2.45, 2.75) is 59.8 Å². The molecule has 1 atom stereocenters. The molecule has 2 rings (SSSR count). The number of amides is 1. The number of thiol groups is 1. The van der Waals surface area contributed by atoms with E-state index in [1.54, 1.807) is 6.26 Å². The van der Waals surface area contributed by atoms with Crippen LogP contribution in [0, 0.1) is 5.41 Å². The molecule has 2 aliphatic rings. The van der Waals surface area contributed by atoms with Crippen molar-refractivity contribution in [3.63, 3.8) is 0 Å². The van der Waals surface area contributed by atoms with Crippen molar-refractivity contribution < 1.29 is 14.3 Å². The van der Waals surface area contributed by atoms with Gasteiger partial charge in [0, 0.05) is 23.4 Å². The van der Waals surface area contributed by atoms with Crippen LogP contribution in [0.5, 0.6) is 0 Å². The van der Waals surface area contributed by atoms with Gasteiger partial charge in [0.1, 0.15) is 5.76 Å². The molecule has 1 aliphatic heterocycles. The Kier molecular flexibility index (Phi) is 7.65. The van der Waals surface area contributed by atoms with Crippen LogP contribution >= 0.6 is 11.3 Å². The molecule has 26 heavy (non-hydrogen) atoms. The van der Waals surface area contributed by atoms with E-state index >= 15 is 0 Å². The van der Waals surface area contributed by atoms with Gasteiger partial charge in [-0.1, -0.05) is 57.9 Å². The summed E-state index contributed by atoms with van der Waals surface area (Å²) in [6, 6.07) is 0. The molecule has 1 heterocycles. The van der Waals surface area contributed by atoms with E-state index in [9.17, 15) is 4.79 Å². The summed E-state index contributed by atoms with van der Waals surface area (Å²) >= 11 is -1.04. The van der Waals surface area contributed by atoms with E-state index in [4.69, 9.17) is 9.47 Å². The number of fused-ring (bicyclic) bond motifs is 1. The van der Waals surface area contributed by atoms with E-state index in [0.717, 1.165) is 51.0 Å². The van der Waals surface area contributed by atoms with Gasteiger partial charge in [0.2, 0.25) is 0 Å². The lowest BCUT2D eigenvalue weighted by molar-refractivity contribution is 0.178. The lowest BCUT2D eigenvalue weighted by atomic mass is 9.92. The highest BCUT2D eigenvalue weighted by Gasteiger charge is 2.42. The molecule has 1 aliphatic carbocycles. The van der Waals surface area contributed by atoms with E-state index in [1.807, 2.05) is 6.08 Å². The van der Waals surface area contributed by atoms with E-state index in [-0.39, 0.29) is 11.5 Å². The van der Waals surface area contributed by atoms with Crippen molar-refractivity contribution >= 4 is 17.4 Å². The summed E-state index contributed by atoms with van der Waals surface area (Å²) in [5.41, 5.74) is 1.16. The number of carbonyl (C=O) groups is 1. The van der Waals surface area contributed by atoms with Crippen LogP contribution in [0.25, 0.3) is 0 Å². The molecule has 1 N–H and O–H groups in total. The average molecular weight is 383 g/mol. The van der Waals surface area contributed by atoms with Crippen LogP contribution in [0.4, 0.5) is 4.79 Å². The highest BCUT2D eigenvalue weighted by molar-refractivity contribution is 8.17. The summed E-state index contributed by atoms with van der Waals surface area (Å²) in [6.45, 7) is 10.8. The van der Waals surface area contributed by atoms with Gasteiger partial charge in [-0.3, -0.25) is 9.03 Å². The maximum Gasteiger partial charge on any atom is 0.416 e. The third-order valence-corrected chi connectivity index (χ3v) is 7.35. The second kappa shape index (κ2) is 9.51. The number of hydrogen-bond acceptors (Lipinski definition) is 4. The second-order valence-corrected chi connectivity index (χ2v) is 9.31. The number of allylic oxidation sites excluding steroid dienone is 4. The maximum atomic E-state index is 12.2. The first kappa shape index (κ1) is 20.9. The van der Waals surface area contributed by atoms with Crippen molar-refractivity contribution in [2.24, 2.45) is 5.41 Å². The van der Waals surface area contributed by atoms with Crippen LogP contribution in [0.3, 0.4) is 0 Å². The number of methoxy groups -OCH3 is 1. The Morgan fingerprint density at radius 3 is 2.54 bits per heavy atom. The standard InChI is InChI=1S/C20H34N2O3S/c1-6-8-12-22(13-9-7-2)26(21-19(23)24-5)18-17-16(11-10-14-25-17)15-20(18,3)4/h10-11,14,26H,6-9,12-13,15H2,1-5H3,(H,21,23). The number of nitrogens with one attached hydrogen (secondary N) is 1. The van der Waals surface area contributed by atoms with Crippen molar-refractivity contribution in [1.82, 2.24) is 9.03 Å². The zero-order valence-corrected chi connectivity index (χ0v) is 17.7. The fraction of sp³-hybridized carbons (Fsp3) is 0.650. The van der Waals surface area contributed by atoms with Gasteiger partial charge in [0.25, 0.3) is 0 Å². The minimum Gasteiger partial charge on any atom is -0.464 e. The highest BCUT2D eigenvalue weighted by atomic mass is 32.2. The largest absolute Gasteiger partial charge is 0.464 e. The third kappa shape index (κ3) is 4.86. The third-order valence-electron chi connectivity index (χ3n) is 4.76. The quantitative estimate of drug-likeness (QED) is 0.539. The Hall–Kier alpha value is -1.40. The average Bonchev–Trinajstić information content (AvgIpc) is 2.89. The first-order chi connectivity index (χ1) is 12.4. The zero-order valence-electron chi connectivity index (χ0n) is 16.8. The Bertz CT molecular complexity index is 588. The number of unbranched alkanes of at least 4 members (excludes halogenated alkanes) is 2. The molecule has 0 aromatic rings. The Morgan fingerprint density at radius 2 is 1.96 bits per heavy atom. The summed E-state index contributed by atoms with van der Waals surface area (Å²) in [5, 5.41) is 0. The lowest BCUT2D eigenvalue weighted by Crippen LogP contribution is -2.36. The van der Waals surface area contributed by atoms with E-state index in [0.29, 0.717) is 0 Å². The summed E-state index contributed by atoms with van der Waals surface area (Å²) in [7, 11) is 1.42. The molecule has 0 fully saturated rings. The SMILES string of the molecule is CCCCN(CCCC)[SH](NC(=O)OC)C1=C2OC=CC=C2CC1(C)C. The Morgan fingerprint density at radius 1 is 1.31 bits per heavy atom. The predicted molar refractivity (Wildman–Crippen MR) is 110 cm³/mol. The first-order valence-electron chi connectivity index (χ1n) is 9.61. The minimum absolute atomic E-state index is 0.0589. The molecule has 0 aromatic carbocycles. The monoisotopic (exact) mass is 382 g/mol. The fourth-order valence-corrected chi connectivity index (χ4v) is 5.93. The number of hydrogen-bond donors (Lipinski definition) is 2. The number of carbonyl (C=O) groups excluding carboxylic acids is 1. The van der Waals surface area contributed by atoms with Crippen LogP contribution in [-0.4, -0.2) is 30.6 Å². The van der Waals surface area contributed by atoms with Crippen molar-refractivity contribution in [3.05, 3.63) is 34.7 Å². The van der Waals surface area contributed by atoms with Gasteiger partial charge in [0.15, 0.2) is 0 Å². The smallest absolute Gasteiger partial charge is 0.416 e. The molecule has 1 amide bonds. The van der Waals surface area contributed by atoms with Gasteiger partial charge in [-0.25, -0.2) is 4.79 Å². The first-order valence-corrected chi connectivity index (χ1v) is 10.9. The van der Waals surface area contributed by atoms with Crippen LogP contribution in [0.2, 0.25) is 0 Å². The molecule has 0 saturated heterocycles. The van der Waals surface area contributed by atoms with Gasteiger partial charge in [-0.05, 0) is 30.9 Å².